The summed E-state index contributed by atoms with van der Waals surface area (Å²) in [6, 6.07) is 0. The highest BCUT2D eigenvalue weighted by Gasteiger charge is 2.74. The summed E-state index contributed by atoms with van der Waals surface area (Å²) in [4.78, 5) is 12.9. The third-order valence-corrected chi connectivity index (χ3v) is 7.54. The normalized spacial score (nSPS) is 53.0. The van der Waals surface area contributed by atoms with Crippen LogP contribution in [0.2, 0.25) is 0 Å². The summed E-state index contributed by atoms with van der Waals surface area (Å²) in [5, 5.41) is 0. The van der Waals surface area contributed by atoms with Gasteiger partial charge in [0.1, 0.15) is 5.78 Å². The third-order valence-electron chi connectivity index (χ3n) is 7.54. The van der Waals surface area contributed by atoms with Crippen LogP contribution in [-0.4, -0.2) is 24.8 Å². The van der Waals surface area contributed by atoms with Gasteiger partial charge in [0.05, 0.1) is 11.5 Å². The Hall–Kier alpha value is -0.410. The van der Waals surface area contributed by atoms with E-state index in [1.807, 2.05) is 0 Å². The summed E-state index contributed by atoms with van der Waals surface area (Å²) < 4.78 is 12.1. The Balaban J connectivity index is 1.62. The number of carbonyl (C=O) groups is 1. The first kappa shape index (κ1) is 14.2. The molecule has 3 unspecified atom stereocenters. The van der Waals surface area contributed by atoms with Gasteiger partial charge in [0.15, 0.2) is 6.29 Å². The molecule has 0 amide bonds. The maximum Gasteiger partial charge on any atom is 0.157 e. The summed E-state index contributed by atoms with van der Waals surface area (Å²) in [6.07, 6.45) is 10.0. The van der Waals surface area contributed by atoms with Crippen molar-refractivity contribution in [1.82, 2.24) is 0 Å². The second kappa shape index (κ2) is 4.55. The van der Waals surface area contributed by atoms with Gasteiger partial charge in [0, 0.05) is 13.0 Å². The van der Waals surface area contributed by atoms with E-state index in [2.05, 4.69) is 13.8 Å². The Morgan fingerprint density at radius 1 is 1.10 bits per heavy atom. The minimum absolute atomic E-state index is 0.0724. The lowest BCUT2D eigenvalue weighted by Crippen LogP contribution is -2.46. The smallest absolute Gasteiger partial charge is 0.157 e. The zero-order valence-electron chi connectivity index (χ0n) is 13.5. The van der Waals surface area contributed by atoms with Crippen LogP contribution in [0.15, 0.2) is 0 Å². The van der Waals surface area contributed by atoms with E-state index in [0.717, 1.165) is 32.3 Å². The molecule has 0 aromatic carbocycles. The molecule has 0 aromatic heterocycles. The van der Waals surface area contributed by atoms with Gasteiger partial charge in [-0.15, -0.1) is 0 Å². The lowest BCUT2D eigenvalue weighted by molar-refractivity contribution is -0.210. The predicted octanol–water partition coefficient (Wildman–Crippen LogP) is 3.85. The molecule has 0 aromatic rings. The van der Waals surface area contributed by atoms with Crippen molar-refractivity contribution in [3.8, 4) is 0 Å². The molecule has 5 atom stereocenters. The zero-order valence-corrected chi connectivity index (χ0v) is 13.5. The molecular weight excluding hydrogens is 264 g/mol. The van der Waals surface area contributed by atoms with E-state index in [9.17, 15) is 4.79 Å². The van der Waals surface area contributed by atoms with E-state index in [1.165, 1.54) is 32.1 Å². The van der Waals surface area contributed by atoms with Crippen molar-refractivity contribution in [3.05, 3.63) is 0 Å². The lowest BCUT2D eigenvalue weighted by atomic mass is 9.60. The predicted molar refractivity (Wildman–Crippen MR) is 79.8 cm³/mol. The second-order valence-electron chi connectivity index (χ2n) is 8.26. The molecule has 1 heterocycles. The molecule has 0 N–H and O–H groups in total. The highest BCUT2D eigenvalue weighted by molar-refractivity contribution is 5.90. The van der Waals surface area contributed by atoms with E-state index in [-0.39, 0.29) is 28.6 Å². The minimum atomic E-state index is -0.265. The molecule has 4 aliphatic rings. The summed E-state index contributed by atoms with van der Waals surface area (Å²) in [5.74, 6) is 0.461. The van der Waals surface area contributed by atoms with E-state index < -0.39 is 0 Å². The van der Waals surface area contributed by atoms with Crippen LogP contribution in [0.5, 0.6) is 0 Å². The number of hydrogen-bond acceptors (Lipinski definition) is 3. The average Bonchev–Trinajstić information content (AvgIpc) is 2.99. The average molecular weight is 292 g/mol. The number of ether oxygens (including phenoxy) is 2. The molecule has 3 aliphatic carbocycles. The molecular formula is C18H28O3. The van der Waals surface area contributed by atoms with Crippen molar-refractivity contribution in [2.75, 3.05) is 6.61 Å². The second-order valence-corrected chi connectivity index (χ2v) is 8.26. The molecule has 21 heavy (non-hydrogen) atoms. The van der Waals surface area contributed by atoms with Crippen LogP contribution in [-0.2, 0) is 14.3 Å². The van der Waals surface area contributed by atoms with E-state index in [0.29, 0.717) is 5.78 Å². The Labute approximate surface area is 127 Å². The molecule has 3 saturated carbocycles. The fourth-order valence-corrected chi connectivity index (χ4v) is 6.32. The van der Waals surface area contributed by atoms with Crippen molar-refractivity contribution < 1.29 is 14.3 Å². The maximum absolute atomic E-state index is 12.9. The number of carbonyl (C=O) groups excluding carboxylic acids is 1. The van der Waals surface area contributed by atoms with Gasteiger partial charge >= 0.3 is 0 Å². The first-order valence-corrected chi connectivity index (χ1v) is 8.82. The topological polar surface area (TPSA) is 35.5 Å². The Morgan fingerprint density at radius 3 is 2.71 bits per heavy atom. The minimum Gasteiger partial charge on any atom is -0.353 e. The van der Waals surface area contributed by atoms with Crippen LogP contribution >= 0.6 is 0 Å². The van der Waals surface area contributed by atoms with Gasteiger partial charge in [-0.2, -0.15) is 0 Å². The van der Waals surface area contributed by atoms with Gasteiger partial charge in [-0.3, -0.25) is 4.79 Å². The Kier molecular flexibility index (Phi) is 3.07. The molecule has 1 spiro atoms. The number of hydrogen-bond donors (Lipinski definition) is 0. The molecule has 4 rings (SSSR count). The molecule has 3 heteroatoms. The van der Waals surface area contributed by atoms with Gasteiger partial charge in [-0.05, 0) is 62.7 Å². The molecule has 0 bridgehead atoms. The summed E-state index contributed by atoms with van der Waals surface area (Å²) in [6.45, 7) is 5.39. The van der Waals surface area contributed by atoms with Crippen LogP contribution in [0.25, 0.3) is 0 Å². The van der Waals surface area contributed by atoms with Gasteiger partial charge in [0.25, 0.3) is 0 Å². The van der Waals surface area contributed by atoms with Crippen LogP contribution in [0, 0.1) is 16.2 Å². The summed E-state index contributed by atoms with van der Waals surface area (Å²) in [7, 11) is 0. The van der Waals surface area contributed by atoms with Crippen molar-refractivity contribution in [1.29, 1.82) is 0 Å². The highest BCUT2D eigenvalue weighted by atomic mass is 16.7. The first-order chi connectivity index (χ1) is 10.0. The molecule has 1 saturated heterocycles. The maximum atomic E-state index is 12.9. The van der Waals surface area contributed by atoms with Gasteiger partial charge in [0.2, 0.25) is 0 Å². The van der Waals surface area contributed by atoms with Crippen molar-refractivity contribution in [2.24, 2.45) is 16.2 Å². The fraction of sp³-hybridized carbons (Fsp3) is 0.944. The number of Topliss-reactive ketones (excluding diaryl/α,β-unsaturated/α-hetero) is 1. The molecule has 3 nitrogen and oxygen atoms in total. The van der Waals surface area contributed by atoms with Crippen molar-refractivity contribution in [3.63, 3.8) is 0 Å². The van der Waals surface area contributed by atoms with Gasteiger partial charge in [-0.1, -0.05) is 13.3 Å². The van der Waals surface area contributed by atoms with E-state index >= 15 is 0 Å². The summed E-state index contributed by atoms with van der Waals surface area (Å²) in [5.41, 5.74) is 0.167. The van der Waals surface area contributed by atoms with Gasteiger partial charge < -0.3 is 9.47 Å². The Morgan fingerprint density at radius 2 is 1.95 bits per heavy atom. The fourth-order valence-electron chi connectivity index (χ4n) is 6.32. The lowest BCUT2D eigenvalue weighted by Gasteiger charge is -2.44. The largest absolute Gasteiger partial charge is 0.353 e. The quantitative estimate of drug-likeness (QED) is 0.775. The number of rotatable bonds is 2. The third kappa shape index (κ3) is 1.65. The highest BCUT2D eigenvalue weighted by Crippen LogP contribution is 2.75. The zero-order chi connectivity index (χ0) is 14.7. The molecule has 4 fully saturated rings. The van der Waals surface area contributed by atoms with E-state index in [1.54, 1.807) is 0 Å². The van der Waals surface area contributed by atoms with Crippen molar-refractivity contribution >= 4 is 5.78 Å². The van der Waals surface area contributed by atoms with Crippen LogP contribution in [0.1, 0.15) is 71.6 Å². The first-order valence-electron chi connectivity index (χ1n) is 8.82. The van der Waals surface area contributed by atoms with Crippen LogP contribution in [0.3, 0.4) is 0 Å². The molecule has 118 valence electrons. The monoisotopic (exact) mass is 292 g/mol. The molecule has 0 radical (unpaired) electrons. The summed E-state index contributed by atoms with van der Waals surface area (Å²) >= 11 is 0. The van der Waals surface area contributed by atoms with Crippen LogP contribution < -0.4 is 0 Å². The van der Waals surface area contributed by atoms with Crippen molar-refractivity contribution in [2.45, 2.75) is 84.0 Å². The number of ketones is 1. The van der Waals surface area contributed by atoms with Gasteiger partial charge in [-0.25, -0.2) is 0 Å². The molecule has 1 aliphatic heterocycles. The Bertz CT molecular complexity index is 455. The van der Waals surface area contributed by atoms with E-state index in [4.69, 9.17) is 9.47 Å². The van der Waals surface area contributed by atoms with Crippen LogP contribution in [0.4, 0.5) is 0 Å². The standard InChI is InChI=1S/C18H28O3/c1-16-8-5-9-18(16)10-7-14(17(18,2)13(19)12-16)21-15-6-3-4-11-20-15/h14-15H,3-12H2,1-2H3/t14?,15?,16-,17+,18?/m0/s1. The SMILES string of the molecule is C[C@@]12CCCC13CCC(OC1CCCCO1)[C@@]3(C)C(=O)C2.